The van der Waals surface area contributed by atoms with Crippen molar-refractivity contribution >= 4 is 51.7 Å². The summed E-state index contributed by atoms with van der Waals surface area (Å²) in [5.41, 5.74) is 14.3. The van der Waals surface area contributed by atoms with E-state index in [0.29, 0.717) is 61.9 Å². The van der Waals surface area contributed by atoms with Crippen LogP contribution in [0.25, 0.3) is 84.1 Å². The van der Waals surface area contributed by atoms with Gasteiger partial charge < -0.3 is 21.1 Å². The monoisotopic (exact) mass is 1420 g/mol. The van der Waals surface area contributed by atoms with E-state index in [2.05, 4.69) is 35.9 Å². The van der Waals surface area contributed by atoms with Gasteiger partial charge >= 0.3 is 12.4 Å². The second-order valence-electron chi connectivity index (χ2n) is 25.1. The Morgan fingerprint density at radius 3 is 1.30 bits per heavy atom. The molecule has 106 heavy (non-hydrogen) atoms. The molecule has 0 aliphatic carbocycles. The minimum atomic E-state index is -4.73. The van der Waals surface area contributed by atoms with Gasteiger partial charge in [-0.3, -0.25) is 37.6 Å². The van der Waals surface area contributed by atoms with Crippen LogP contribution in [-0.4, -0.2) is 61.0 Å². The first-order valence-corrected chi connectivity index (χ1v) is 33.3. The Kier molecular flexibility index (Phi) is 20.2. The second kappa shape index (κ2) is 30.0. The third-order valence-electron chi connectivity index (χ3n) is 17.7. The summed E-state index contributed by atoms with van der Waals surface area (Å²) in [4.78, 5) is 61.3. The quantitative estimate of drug-likeness (QED) is 0.0816. The third kappa shape index (κ3) is 15.3. The van der Waals surface area contributed by atoms with Crippen molar-refractivity contribution in [3.05, 3.63) is 329 Å². The number of alkyl halides is 6. The lowest BCUT2D eigenvalue weighted by Gasteiger charge is -2.15. The zero-order valence-corrected chi connectivity index (χ0v) is 57.4. The summed E-state index contributed by atoms with van der Waals surface area (Å²) in [6.07, 6.45) is 4.50. The van der Waals surface area contributed by atoms with Gasteiger partial charge in [0.15, 0.2) is 0 Å². The Balaban J connectivity index is 0.000000141. The van der Waals surface area contributed by atoms with E-state index < -0.39 is 46.4 Å². The van der Waals surface area contributed by atoms with Crippen molar-refractivity contribution in [1.82, 2.24) is 38.1 Å². The number of fused-ring (bicyclic) bond motifs is 3. The van der Waals surface area contributed by atoms with Gasteiger partial charge in [0.05, 0.1) is 63.5 Å². The summed E-state index contributed by atoms with van der Waals surface area (Å²) in [5, 5.41) is 18.1. The van der Waals surface area contributed by atoms with Gasteiger partial charge in [-0.25, -0.2) is 19.3 Å². The van der Waals surface area contributed by atoms with Crippen molar-refractivity contribution < 1.29 is 50.2 Å². The summed E-state index contributed by atoms with van der Waals surface area (Å²) < 4.78 is 102. The number of aromatic nitrogens is 8. The maximum absolute atomic E-state index is 13.8. The van der Waals surface area contributed by atoms with Crippen LogP contribution in [0.5, 0.6) is 0 Å². The number of carbonyl (C=O) groups excluding carboxylic acids is 3. The molecule has 3 amide bonds. The van der Waals surface area contributed by atoms with Crippen LogP contribution in [0, 0.1) is 40.4 Å². The first kappa shape index (κ1) is 71.2. The van der Waals surface area contributed by atoms with Gasteiger partial charge in [0.2, 0.25) is 0 Å². The van der Waals surface area contributed by atoms with Gasteiger partial charge in [-0.1, -0.05) is 89.5 Å². The van der Waals surface area contributed by atoms with E-state index in [1.54, 1.807) is 127 Å². The normalized spacial score (nSPS) is 11.4. The van der Waals surface area contributed by atoms with E-state index in [0.717, 1.165) is 90.6 Å². The standard InChI is InChI=1S/C28H21F3N4O2.C28H21F3N4O.C28H22FN3O/c1-17-6-9-20(10-7-17)33-27(37)22-14-18(8-11-23(22)28(29,30)31)21-5-3-13-35-25(19-4-2-12-32-15-19)24(16-36)34-26(21)35;1-17-7-10-21(11-8-17)34-27(36)23-15-19(9-12-24(23)28(29,30)31)22-6-4-14-35-25(18(2)33-26(22)35)20-5-3-13-32-16-20;1-18-8-12-23(13-9-18)31-28(33)25-16-20(11-10-19(25)2)24-7-4-14-32-26(17-30-27(24)32)21-5-3-6-22(29)15-21/h2-15,36H,16H2,1H3,(H,33,37);3-16H,1-2H3,(H,34,36);3-17H,1-2H3,(H,31,33). The van der Waals surface area contributed by atoms with E-state index in [-0.39, 0.29) is 18.3 Å². The highest BCUT2D eigenvalue weighted by molar-refractivity contribution is 6.08. The molecule has 0 saturated carbocycles. The Bertz CT molecular complexity index is 5780. The molecule has 0 radical (unpaired) electrons. The van der Waals surface area contributed by atoms with Gasteiger partial charge in [0.25, 0.3) is 17.7 Å². The van der Waals surface area contributed by atoms with Crippen LogP contribution in [0.1, 0.15) is 75.8 Å². The predicted molar refractivity (Wildman–Crippen MR) is 397 cm³/mol. The fourth-order valence-electron chi connectivity index (χ4n) is 12.4. The number of nitrogens with zero attached hydrogens (tertiary/aromatic N) is 8. The first-order chi connectivity index (χ1) is 51.0. The van der Waals surface area contributed by atoms with Crippen LogP contribution in [0.2, 0.25) is 0 Å². The number of benzene rings is 7. The molecule has 0 aliphatic rings. The van der Waals surface area contributed by atoms with Gasteiger partial charge in [-0.15, -0.1) is 0 Å². The zero-order valence-electron chi connectivity index (χ0n) is 57.4. The smallest absolute Gasteiger partial charge is 0.390 e. The van der Waals surface area contributed by atoms with E-state index in [1.807, 2.05) is 135 Å². The molecule has 8 aromatic heterocycles. The number of pyridine rings is 5. The van der Waals surface area contributed by atoms with Gasteiger partial charge in [-0.05, 0) is 196 Å². The number of carbonyl (C=O) groups is 3. The molecular weight excluding hydrogens is 1360 g/mol. The molecule has 7 aromatic carbocycles. The molecule has 8 heterocycles. The zero-order chi connectivity index (χ0) is 74.6. The predicted octanol–water partition coefficient (Wildman–Crippen LogP) is 19.8. The average Bonchev–Trinajstić information content (AvgIpc) is 1.57. The number of rotatable bonds is 13. The Morgan fingerprint density at radius 2 is 0.840 bits per heavy atom. The number of nitrogens with one attached hydrogen (secondary N) is 3. The molecule has 22 heteroatoms. The fraction of sp³-hybridized carbons (Fsp3) is 0.0952. The molecule has 15 rings (SSSR count). The van der Waals surface area contributed by atoms with Crippen molar-refractivity contribution in [2.45, 2.75) is 53.6 Å². The molecule has 4 N–H and O–H groups in total. The number of hydrogen-bond donors (Lipinski definition) is 4. The topological polar surface area (TPSA) is 185 Å². The summed E-state index contributed by atoms with van der Waals surface area (Å²) in [6, 6.07) is 58.9. The number of aliphatic hydroxyl groups is 1. The molecular formula is C84H64F7N11O4. The van der Waals surface area contributed by atoms with Gasteiger partial charge in [0, 0.05) is 99.4 Å². The van der Waals surface area contributed by atoms with Crippen LogP contribution in [0.15, 0.2) is 262 Å². The number of halogens is 7. The summed E-state index contributed by atoms with van der Waals surface area (Å²) in [6.45, 7) is 9.21. The number of aliphatic hydroxyl groups excluding tert-OH is 1. The number of aryl methyl sites for hydroxylation is 5. The minimum Gasteiger partial charge on any atom is -0.390 e. The maximum atomic E-state index is 13.8. The number of hydrogen-bond acceptors (Lipinski definition) is 9. The van der Waals surface area contributed by atoms with Crippen LogP contribution in [-0.2, 0) is 19.0 Å². The Labute approximate surface area is 603 Å². The molecule has 15 nitrogen and oxygen atoms in total. The van der Waals surface area contributed by atoms with E-state index in [9.17, 15) is 50.2 Å². The van der Waals surface area contributed by atoms with E-state index in [4.69, 9.17) is 4.98 Å². The van der Waals surface area contributed by atoms with Crippen molar-refractivity contribution in [1.29, 1.82) is 0 Å². The molecule has 0 saturated heterocycles. The summed E-state index contributed by atoms with van der Waals surface area (Å²) >= 11 is 0. The largest absolute Gasteiger partial charge is 0.417 e. The molecule has 0 spiro atoms. The van der Waals surface area contributed by atoms with Crippen molar-refractivity contribution in [2.75, 3.05) is 16.0 Å². The summed E-state index contributed by atoms with van der Waals surface area (Å²) in [5.74, 6) is -2.16. The van der Waals surface area contributed by atoms with Crippen LogP contribution >= 0.6 is 0 Å². The SMILES string of the molecule is Cc1ccc(NC(=O)c2cc(-c3cccn4c(-c5cccc(F)c5)cnc34)ccc2C)cc1.Cc1ccc(NC(=O)c2cc(-c3cccn4c(-c5cccnc5)c(C)nc34)ccc2C(F)(F)F)cc1.Cc1ccc(NC(=O)c2cc(-c3cccn4c(-c5cccnc5)c(CO)nc34)ccc2C(F)(F)F)cc1. The van der Waals surface area contributed by atoms with E-state index >= 15 is 0 Å². The van der Waals surface area contributed by atoms with Gasteiger partial charge in [-0.2, -0.15) is 26.3 Å². The van der Waals surface area contributed by atoms with Crippen LogP contribution in [0.3, 0.4) is 0 Å². The molecule has 0 aliphatic heterocycles. The number of imidazole rings is 3. The van der Waals surface area contributed by atoms with E-state index in [1.165, 1.54) is 36.4 Å². The fourth-order valence-corrected chi connectivity index (χ4v) is 12.4. The molecule has 528 valence electrons. The lowest BCUT2D eigenvalue weighted by atomic mass is 9.98. The first-order valence-electron chi connectivity index (χ1n) is 33.3. The third-order valence-corrected chi connectivity index (χ3v) is 17.7. The highest BCUT2D eigenvalue weighted by Gasteiger charge is 2.37. The Hall–Kier alpha value is -13.2. The van der Waals surface area contributed by atoms with Crippen molar-refractivity contribution in [3.8, 4) is 67.2 Å². The second-order valence-corrected chi connectivity index (χ2v) is 25.1. The average molecular weight is 1420 g/mol. The number of amides is 3. The molecule has 0 unspecified atom stereocenters. The highest BCUT2D eigenvalue weighted by Crippen LogP contribution is 2.40. The molecule has 0 bridgehead atoms. The van der Waals surface area contributed by atoms with Crippen molar-refractivity contribution in [3.63, 3.8) is 0 Å². The highest BCUT2D eigenvalue weighted by atomic mass is 19.4. The molecule has 0 atom stereocenters. The number of anilines is 3. The maximum Gasteiger partial charge on any atom is 0.417 e. The Morgan fingerprint density at radius 1 is 0.415 bits per heavy atom. The van der Waals surface area contributed by atoms with Crippen molar-refractivity contribution in [2.24, 2.45) is 0 Å². The molecule has 0 fully saturated rings. The molecule has 15 aromatic rings. The lowest BCUT2D eigenvalue weighted by Crippen LogP contribution is -2.19. The summed E-state index contributed by atoms with van der Waals surface area (Å²) in [7, 11) is 0. The van der Waals surface area contributed by atoms with Crippen LogP contribution in [0.4, 0.5) is 47.8 Å². The lowest BCUT2D eigenvalue weighted by molar-refractivity contribution is -0.138. The van der Waals surface area contributed by atoms with Gasteiger partial charge in [0.1, 0.15) is 22.8 Å². The minimum absolute atomic E-state index is 0.158. The van der Waals surface area contributed by atoms with Crippen LogP contribution < -0.4 is 16.0 Å².